The predicted molar refractivity (Wildman–Crippen MR) is 437 cm³/mol. The van der Waals surface area contributed by atoms with Crippen molar-refractivity contribution in [2.45, 2.75) is 296 Å². The van der Waals surface area contributed by atoms with Crippen molar-refractivity contribution in [1.82, 2.24) is 0 Å². The Balaban J connectivity index is 4.16. The summed E-state index contributed by atoms with van der Waals surface area (Å²) in [5.74, 6) is -2.04. The fourth-order valence-corrected chi connectivity index (χ4v) is 10.2. The number of likely N-dealkylation sites (N-methyl/N-ethyl adjacent to an activating group) is 1. The number of quaternary nitrogens is 1. The maximum Gasteiger partial charge on any atom is 0.361 e. The van der Waals surface area contributed by atoms with Crippen LogP contribution in [0.1, 0.15) is 284 Å². The molecule has 0 bridgehead atoms. The van der Waals surface area contributed by atoms with Crippen molar-refractivity contribution in [1.29, 1.82) is 0 Å². The molecule has 0 aromatic rings. The molecule has 0 heterocycles. The Morgan fingerprint density at radius 3 is 0.792 bits per heavy atom. The molecule has 2 atom stereocenters. The molecule has 0 spiro atoms. The summed E-state index contributed by atoms with van der Waals surface area (Å²) in [6.07, 6.45) is 122. The molecule has 0 fully saturated rings. The number of carbonyl (C=O) groups excluding carboxylic acids is 2. The van der Waals surface area contributed by atoms with Crippen LogP contribution >= 0.6 is 0 Å². The van der Waals surface area contributed by atoms with Crippen LogP contribution in [-0.4, -0.2) is 87.4 Å². The lowest BCUT2D eigenvalue weighted by Crippen LogP contribution is -2.40. The Morgan fingerprint density at radius 2 is 0.535 bits per heavy atom. The van der Waals surface area contributed by atoms with E-state index < -0.39 is 24.3 Å². The zero-order valence-corrected chi connectivity index (χ0v) is 64.7. The van der Waals surface area contributed by atoms with Crippen molar-refractivity contribution in [2.75, 3.05) is 47.5 Å². The van der Waals surface area contributed by atoms with Gasteiger partial charge in [-0.05, 0) is 154 Å². The normalized spacial score (nSPS) is 13.9. The quantitative estimate of drug-likeness (QED) is 0.0211. The molecule has 0 rings (SSSR count). The third-order valence-corrected chi connectivity index (χ3v) is 16.2. The van der Waals surface area contributed by atoms with E-state index in [0.29, 0.717) is 17.4 Å². The monoisotopic (exact) mass is 1390 g/mol. The van der Waals surface area contributed by atoms with Gasteiger partial charge in [-0.1, -0.05) is 335 Å². The van der Waals surface area contributed by atoms with Gasteiger partial charge in [-0.2, -0.15) is 0 Å². The van der Waals surface area contributed by atoms with Crippen LogP contribution in [-0.2, 0) is 33.3 Å². The first-order valence-electron chi connectivity index (χ1n) is 39.9. The SMILES string of the molecule is CC/C=C\C/C=C\C/C=C\C/C=C\C/C=C\C/C=C\C/C=C\C/C=C\C/C=C\C/C=C\CCCCCCCCCCC(=O)OC(COC(=O)CCCCCCCCCCCCCC/C=C\C/C=C\C/C=C\C/C=C\C/C=C\C/C=C\C/C=C\C/C=C\CC)COC(OCC[N+](C)(C)C)C(=O)O. The first-order chi connectivity index (χ1) is 49.6. The third kappa shape index (κ3) is 80.8. The number of nitrogens with zero attached hydrogens (tertiary/aromatic N) is 1. The molecule has 2 unspecified atom stereocenters. The summed E-state index contributed by atoms with van der Waals surface area (Å²) in [7, 11) is 5.97. The van der Waals surface area contributed by atoms with E-state index >= 15 is 0 Å². The van der Waals surface area contributed by atoms with Crippen LogP contribution in [0.25, 0.3) is 0 Å². The molecule has 101 heavy (non-hydrogen) atoms. The average Bonchev–Trinajstić information content (AvgIpc) is 1.21. The first kappa shape index (κ1) is 94.6. The number of esters is 2. The number of unbranched alkanes of at least 4 members (excludes halogenated alkanes) is 20. The number of allylic oxidation sites excluding steroid dienone is 36. The minimum Gasteiger partial charge on any atom is -0.477 e. The predicted octanol–water partition coefficient (Wildman–Crippen LogP) is 26.0. The minimum atomic E-state index is -1.53. The van der Waals surface area contributed by atoms with Gasteiger partial charge in [0.05, 0.1) is 34.4 Å². The summed E-state index contributed by atoms with van der Waals surface area (Å²) in [6, 6.07) is 0. The minimum absolute atomic E-state index is 0.175. The topological polar surface area (TPSA) is 108 Å². The molecule has 0 aliphatic carbocycles. The van der Waals surface area contributed by atoms with Crippen LogP contribution in [0.15, 0.2) is 219 Å². The summed E-state index contributed by atoms with van der Waals surface area (Å²) in [4.78, 5) is 37.8. The van der Waals surface area contributed by atoms with E-state index in [2.05, 4.69) is 233 Å². The van der Waals surface area contributed by atoms with Gasteiger partial charge in [-0.3, -0.25) is 9.59 Å². The number of hydrogen-bond donors (Lipinski definition) is 1. The van der Waals surface area contributed by atoms with Crippen LogP contribution in [0.5, 0.6) is 0 Å². The second-order valence-corrected chi connectivity index (χ2v) is 26.9. The smallest absolute Gasteiger partial charge is 0.361 e. The molecule has 0 amide bonds. The average molecular weight is 1390 g/mol. The van der Waals surface area contributed by atoms with Crippen molar-refractivity contribution in [3.63, 3.8) is 0 Å². The number of carbonyl (C=O) groups is 3. The van der Waals surface area contributed by atoms with Gasteiger partial charge in [0.25, 0.3) is 6.29 Å². The van der Waals surface area contributed by atoms with Gasteiger partial charge in [0.2, 0.25) is 0 Å². The molecule has 0 aromatic heterocycles. The number of hydrogen-bond acceptors (Lipinski definition) is 7. The lowest BCUT2D eigenvalue weighted by atomic mass is 10.0. The number of rotatable bonds is 71. The molecule has 566 valence electrons. The van der Waals surface area contributed by atoms with Gasteiger partial charge in [-0.25, -0.2) is 4.79 Å². The molecular formula is C92H146NO8+. The number of carboxylic acid groups (broad SMARTS) is 1. The van der Waals surface area contributed by atoms with E-state index in [0.717, 1.165) is 161 Å². The van der Waals surface area contributed by atoms with Crippen LogP contribution in [0.3, 0.4) is 0 Å². The van der Waals surface area contributed by atoms with Gasteiger partial charge >= 0.3 is 17.9 Å². The highest BCUT2D eigenvalue weighted by molar-refractivity contribution is 5.71. The number of carboxylic acids is 1. The first-order valence-corrected chi connectivity index (χ1v) is 39.9. The van der Waals surface area contributed by atoms with Crippen molar-refractivity contribution in [3.05, 3.63) is 219 Å². The molecule has 1 N–H and O–H groups in total. The second-order valence-electron chi connectivity index (χ2n) is 26.9. The summed E-state index contributed by atoms with van der Waals surface area (Å²) in [6.45, 7) is 4.62. The Morgan fingerprint density at radius 1 is 0.297 bits per heavy atom. The molecule has 0 aliphatic rings. The largest absolute Gasteiger partial charge is 0.477 e. The van der Waals surface area contributed by atoms with Crippen molar-refractivity contribution in [2.24, 2.45) is 0 Å². The van der Waals surface area contributed by atoms with E-state index in [4.69, 9.17) is 18.9 Å². The van der Waals surface area contributed by atoms with Crippen molar-refractivity contribution >= 4 is 17.9 Å². The second kappa shape index (κ2) is 79.3. The van der Waals surface area contributed by atoms with Crippen LogP contribution < -0.4 is 0 Å². The standard InChI is InChI=1S/C92H145NO8/c1-6-8-10-12-14-16-18-20-22-24-26-28-30-32-34-36-38-40-42-44-45-47-49-51-53-55-57-59-61-63-65-67-69-71-73-75-77-79-81-83-90(95)101-88(87-100-92(91(96)97)98-85-84-93(3,4)5)86-99-89(94)82-80-78-76-74-72-70-68-66-64-62-60-58-56-54-52-50-48-46-43-41-39-37-35-33-31-29-27-25-23-21-19-17-15-13-11-9-7-2/h8-11,14-17,20-23,26-29,32-35,38-41,44-46,48-49,51-52,54-55,57,61,63,88,92H,6-7,12-13,18-19,24-25,30-31,36-37,42-43,47,50,53,56,58-60,62,64-87H2,1-5H3/p+1/b10-8-,11-9-,16-14-,17-15-,22-20-,23-21-,28-26-,29-27-,34-32-,35-33-,40-38-,41-39-,45-44-,48-46-,51-49-,54-52-,57-55-,63-61-. The highest BCUT2D eigenvalue weighted by Gasteiger charge is 2.25. The summed E-state index contributed by atoms with van der Waals surface area (Å²) < 4.78 is 23.0. The van der Waals surface area contributed by atoms with E-state index in [1.54, 1.807) is 0 Å². The van der Waals surface area contributed by atoms with E-state index in [-0.39, 0.29) is 38.6 Å². The van der Waals surface area contributed by atoms with E-state index in [1.165, 1.54) is 89.9 Å². The molecule has 9 heteroatoms. The van der Waals surface area contributed by atoms with Gasteiger partial charge in [0, 0.05) is 12.8 Å². The molecule has 9 nitrogen and oxygen atoms in total. The maximum absolute atomic E-state index is 13.0. The molecule has 0 radical (unpaired) electrons. The lowest BCUT2D eigenvalue weighted by Gasteiger charge is -2.25. The fourth-order valence-electron chi connectivity index (χ4n) is 10.2. The van der Waals surface area contributed by atoms with Crippen LogP contribution in [0.2, 0.25) is 0 Å². The van der Waals surface area contributed by atoms with Crippen LogP contribution in [0, 0.1) is 0 Å². The van der Waals surface area contributed by atoms with Gasteiger partial charge in [0.15, 0.2) is 6.10 Å². The zero-order valence-electron chi connectivity index (χ0n) is 64.7. The maximum atomic E-state index is 13.0. The number of ether oxygens (including phenoxy) is 4. The van der Waals surface area contributed by atoms with Gasteiger partial charge in [-0.15, -0.1) is 0 Å². The molecule has 0 saturated carbocycles. The van der Waals surface area contributed by atoms with Crippen molar-refractivity contribution in [3.8, 4) is 0 Å². The van der Waals surface area contributed by atoms with Crippen LogP contribution in [0.4, 0.5) is 0 Å². The summed E-state index contributed by atoms with van der Waals surface area (Å²) in [5.41, 5.74) is 0. The lowest BCUT2D eigenvalue weighted by molar-refractivity contribution is -0.870. The van der Waals surface area contributed by atoms with Crippen molar-refractivity contribution < 1.29 is 42.9 Å². The summed E-state index contributed by atoms with van der Waals surface area (Å²) in [5, 5.41) is 9.78. The molecule has 0 saturated heterocycles. The molecule has 0 aromatic carbocycles. The highest BCUT2D eigenvalue weighted by atomic mass is 16.7. The Labute approximate surface area is 619 Å². The zero-order chi connectivity index (χ0) is 73.2. The van der Waals surface area contributed by atoms with Gasteiger partial charge < -0.3 is 28.5 Å². The highest BCUT2D eigenvalue weighted by Crippen LogP contribution is 2.16. The number of aliphatic carboxylic acids is 1. The molecular weight excluding hydrogens is 1250 g/mol. The van der Waals surface area contributed by atoms with E-state index in [9.17, 15) is 19.5 Å². The molecule has 0 aliphatic heterocycles. The fraction of sp³-hybridized carbons (Fsp3) is 0.576. The third-order valence-electron chi connectivity index (χ3n) is 16.2. The summed E-state index contributed by atoms with van der Waals surface area (Å²) >= 11 is 0. The Kier molecular flexibility index (Phi) is 74.3. The Bertz CT molecular complexity index is 2470. The van der Waals surface area contributed by atoms with E-state index in [1.807, 2.05) is 21.1 Å². The Hall–Kier alpha value is -6.39. The van der Waals surface area contributed by atoms with Gasteiger partial charge in [0.1, 0.15) is 13.2 Å².